The molecule has 0 bridgehead atoms. The summed E-state index contributed by atoms with van der Waals surface area (Å²) in [6, 6.07) is 22.0. The summed E-state index contributed by atoms with van der Waals surface area (Å²) in [5.41, 5.74) is 2.96. The maximum atomic E-state index is 12.5. The minimum atomic E-state index is -0.653. The fourth-order valence-corrected chi connectivity index (χ4v) is 3.17. The van der Waals surface area contributed by atoms with Crippen LogP contribution in [0.5, 0.6) is 0 Å². The zero-order valence-corrected chi connectivity index (χ0v) is 17.8. The molecule has 0 fully saturated rings. The molecular formula is C25H24N6O2. The van der Waals surface area contributed by atoms with Crippen molar-refractivity contribution in [1.82, 2.24) is 20.3 Å². The van der Waals surface area contributed by atoms with Crippen LogP contribution in [0.1, 0.15) is 27.6 Å². The normalized spacial score (nSPS) is 11.4. The van der Waals surface area contributed by atoms with Crippen molar-refractivity contribution >= 4 is 23.4 Å². The summed E-state index contributed by atoms with van der Waals surface area (Å²) in [5.74, 6) is 0.767. The Balaban J connectivity index is 1.35. The van der Waals surface area contributed by atoms with Crippen molar-refractivity contribution in [2.75, 3.05) is 17.2 Å². The lowest BCUT2D eigenvalue weighted by Gasteiger charge is -2.13. The van der Waals surface area contributed by atoms with Crippen LogP contribution in [-0.4, -0.2) is 32.5 Å². The van der Waals surface area contributed by atoms with Crippen molar-refractivity contribution in [2.24, 2.45) is 0 Å². The van der Waals surface area contributed by atoms with Crippen LogP contribution in [-0.2, 0) is 6.54 Å². The van der Waals surface area contributed by atoms with Crippen molar-refractivity contribution in [2.45, 2.75) is 12.6 Å². The lowest BCUT2D eigenvalue weighted by Crippen LogP contribution is -2.22. The van der Waals surface area contributed by atoms with E-state index in [1.807, 2.05) is 48.5 Å². The number of amides is 1. The number of anilines is 3. The number of nitrogens with one attached hydrogen (secondary N) is 3. The van der Waals surface area contributed by atoms with E-state index < -0.39 is 6.10 Å². The summed E-state index contributed by atoms with van der Waals surface area (Å²) < 4.78 is 0. The summed E-state index contributed by atoms with van der Waals surface area (Å²) >= 11 is 0. The average molecular weight is 441 g/mol. The molecule has 2 aromatic heterocycles. The van der Waals surface area contributed by atoms with Gasteiger partial charge in [0.25, 0.3) is 5.91 Å². The van der Waals surface area contributed by atoms with Gasteiger partial charge in [0.2, 0.25) is 5.95 Å². The van der Waals surface area contributed by atoms with E-state index in [0.717, 1.165) is 11.1 Å². The standard InChI is InChI=1S/C25H24N6O2/c32-22(19-7-2-1-3-8-19)17-28-23-11-13-27-25(31-23)30-21-10-4-9-20(14-21)24(33)29-16-18-6-5-12-26-15-18/h1-15,22,32H,16-17H2,(H,29,33)(H2,27,28,30,31). The van der Waals surface area contributed by atoms with Gasteiger partial charge < -0.3 is 21.1 Å². The molecule has 0 saturated heterocycles. The number of aliphatic hydroxyl groups excluding tert-OH is 1. The molecule has 0 aliphatic heterocycles. The number of benzene rings is 2. The van der Waals surface area contributed by atoms with Crippen molar-refractivity contribution in [3.63, 3.8) is 0 Å². The van der Waals surface area contributed by atoms with Gasteiger partial charge in [-0.25, -0.2) is 4.98 Å². The van der Waals surface area contributed by atoms with E-state index in [1.165, 1.54) is 0 Å². The fraction of sp³-hybridized carbons (Fsp3) is 0.120. The first-order valence-electron chi connectivity index (χ1n) is 10.5. The Morgan fingerprint density at radius 1 is 0.970 bits per heavy atom. The summed E-state index contributed by atoms with van der Waals surface area (Å²) in [7, 11) is 0. The smallest absolute Gasteiger partial charge is 0.251 e. The Labute approximate surface area is 191 Å². The van der Waals surface area contributed by atoms with Crippen LogP contribution in [0.3, 0.4) is 0 Å². The molecule has 33 heavy (non-hydrogen) atoms. The first-order valence-corrected chi connectivity index (χ1v) is 10.5. The van der Waals surface area contributed by atoms with Gasteiger partial charge in [0.1, 0.15) is 5.82 Å². The number of aliphatic hydroxyl groups is 1. The molecule has 1 atom stereocenters. The van der Waals surface area contributed by atoms with Crippen LogP contribution in [0.15, 0.2) is 91.4 Å². The molecule has 1 amide bonds. The van der Waals surface area contributed by atoms with E-state index in [-0.39, 0.29) is 5.91 Å². The second kappa shape index (κ2) is 10.8. The van der Waals surface area contributed by atoms with Crippen molar-refractivity contribution in [3.05, 3.63) is 108 Å². The summed E-state index contributed by atoms with van der Waals surface area (Å²) in [4.78, 5) is 25.2. The second-order valence-electron chi connectivity index (χ2n) is 7.32. The monoisotopic (exact) mass is 440 g/mol. The van der Waals surface area contributed by atoms with Crippen LogP contribution < -0.4 is 16.0 Å². The van der Waals surface area contributed by atoms with Gasteiger partial charge in [-0.15, -0.1) is 0 Å². The SMILES string of the molecule is O=C(NCc1cccnc1)c1cccc(Nc2nccc(NCC(O)c3ccccc3)n2)c1. The largest absolute Gasteiger partial charge is 0.387 e. The van der Waals surface area contributed by atoms with Gasteiger partial charge in [0.05, 0.1) is 6.10 Å². The number of aromatic nitrogens is 3. The van der Waals surface area contributed by atoms with Crippen molar-refractivity contribution in [3.8, 4) is 0 Å². The zero-order chi connectivity index (χ0) is 22.9. The first kappa shape index (κ1) is 21.9. The minimum Gasteiger partial charge on any atom is -0.387 e. The molecule has 166 valence electrons. The van der Waals surface area contributed by atoms with Gasteiger partial charge in [-0.2, -0.15) is 4.98 Å². The Morgan fingerprint density at radius 2 is 1.85 bits per heavy atom. The van der Waals surface area contributed by atoms with Crippen LogP contribution in [0, 0.1) is 0 Å². The van der Waals surface area contributed by atoms with E-state index >= 15 is 0 Å². The summed E-state index contributed by atoms with van der Waals surface area (Å²) in [5, 5.41) is 19.4. The Hall–Kier alpha value is -4.30. The summed E-state index contributed by atoms with van der Waals surface area (Å²) in [6.07, 6.45) is 4.38. The molecule has 8 heteroatoms. The summed E-state index contributed by atoms with van der Waals surface area (Å²) in [6.45, 7) is 0.711. The van der Waals surface area contributed by atoms with Crippen LogP contribution in [0.2, 0.25) is 0 Å². The van der Waals surface area contributed by atoms with E-state index in [0.29, 0.717) is 36.1 Å². The molecule has 2 heterocycles. The number of nitrogens with zero attached hydrogens (tertiary/aromatic N) is 3. The zero-order valence-electron chi connectivity index (χ0n) is 17.8. The molecular weight excluding hydrogens is 416 g/mol. The lowest BCUT2D eigenvalue weighted by atomic mass is 10.1. The van der Waals surface area contributed by atoms with Gasteiger partial charge in [-0.3, -0.25) is 9.78 Å². The lowest BCUT2D eigenvalue weighted by molar-refractivity contribution is 0.0951. The highest BCUT2D eigenvalue weighted by atomic mass is 16.3. The molecule has 0 saturated carbocycles. The van der Waals surface area contributed by atoms with E-state index in [9.17, 15) is 9.90 Å². The van der Waals surface area contributed by atoms with Gasteiger partial charge in [-0.05, 0) is 41.5 Å². The number of rotatable bonds is 9. The number of carbonyl (C=O) groups excluding carboxylic acids is 1. The number of carbonyl (C=O) groups is 1. The van der Waals surface area contributed by atoms with Crippen LogP contribution >= 0.6 is 0 Å². The topological polar surface area (TPSA) is 112 Å². The predicted molar refractivity (Wildman–Crippen MR) is 127 cm³/mol. The number of pyridine rings is 1. The van der Waals surface area contributed by atoms with E-state index in [1.54, 1.807) is 42.9 Å². The molecule has 8 nitrogen and oxygen atoms in total. The third-order valence-corrected chi connectivity index (χ3v) is 4.87. The van der Waals surface area contributed by atoms with Gasteiger partial charge in [-0.1, -0.05) is 42.5 Å². The van der Waals surface area contributed by atoms with Crippen LogP contribution in [0.4, 0.5) is 17.5 Å². The minimum absolute atomic E-state index is 0.186. The third kappa shape index (κ3) is 6.34. The van der Waals surface area contributed by atoms with Gasteiger partial charge in [0.15, 0.2) is 0 Å². The molecule has 2 aromatic carbocycles. The predicted octanol–water partition coefficient (Wildman–Crippen LogP) is 3.69. The Bertz CT molecular complexity index is 1190. The highest BCUT2D eigenvalue weighted by Crippen LogP contribution is 2.17. The fourth-order valence-electron chi connectivity index (χ4n) is 3.17. The molecule has 4 rings (SSSR count). The first-order chi connectivity index (χ1) is 16.2. The highest BCUT2D eigenvalue weighted by Gasteiger charge is 2.09. The van der Waals surface area contributed by atoms with E-state index in [2.05, 4.69) is 30.9 Å². The molecule has 4 N–H and O–H groups in total. The van der Waals surface area contributed by atoms with Crippen molar-refractivity contribution in [1.29, 1.82) is 0 Å². The van der Waals surface area contributed by atoms with E-state index in [4.69, 9.17) is 0 Å². The van der Waals surface area contributed by atoms with Gasteiger partial charge >= 0.3 is 0 Å². The Kier molecular flexibility index (Phi) is 7.19. The average Bonchev–Trinajstić information content (AvgIpc) is 2.87. The quantitative estimate of drug-likeness (QED) is 0.314. The van der Waals surface area contributed by atoms with Gasteiger partial charge in [0, 0.05) is 42.9 Å². The maximum absolute atomic E-state index is 12.5. The molecule has 0 aliphatic carbocycles. The Morgan fingerprint density at radius 3 is 2.67 bits per heavy atom. The third-order valence-electron chi connectivity index (χ3n) is 4.87. The highest BCUT2D eigenvalue weighted by molar-refractivity contribution is 5.95. The second-order valence-corrected chi connectivity index (χ2v) is 7.32. The molecule has 0 radical (unpaired) electrons. The molecule has 0 aliphatic rings. The maximum Gasteiger partial charge on any atom is 0.251 e. The molecule has 1 unspecified atom stereocenters. The van der Waals surface area contributed by atoms with Crippen molar-refractivity contribution < 1.29 is 9.90 Å². The number of hydrogen-bond donors (Lipinski definition) is 4. The molecule has 0 spiro atoms. The molecule has 4 aromatic rings. The van der Waals surface area contributed by atoms with Crippen LogP contribution in [0.25, 0.3) is 0 Å². The number of hydrogen-bond acceptors (Lipinski definition) is 7.